The van der Waals surface area contributed by atoms with Gasteiger partial charge in [0.25, 0.3) is 0 Å². The SMILES string of the molecule is CCCCC(CC)CN1C(=O)CNC1c1ccsc1. The van der Waals surface area contributed by atoms with E-state index in [0.717, 1.165) is 13.0 Å². The lowest BCUT2D eigenvalue weighted by Gasteiger charge is -2.28. The Balaban J connectivity index is 2.01. The molecule has 106 valence electrons. The highest BCUT2D eigenvalue weighted by Crippen LogP contribution is 2.27. The quantitative estimate of drug-likeness (QED) is 0.830. The summed E-state index contributed by atoms with van der Waals surface area (Å²) in [5.41, 5.74) is 1.22. The molecule has 1 N–H and O–H groups in total. The molecule has 1 aromatic heterocycles. The lowest BCUT2D eigenvalue weighted by molar-refractivity contribution is -0.128. The summed E-state index contributed by atoms with van der Waals surface area (Å²) in [4.78, 5) is 14.1. The Morgan fingerprint density at radius 1 is 1.53 bits per heavy atom. The fourth-order valence-corrected chi connectivity index (χ4v) is 3.35. The minimum absolute atomic E-state index is 0.0921. The highest BCUT2D eigenvalue weighted by Gasteiger charge is 2.32. The van der Waals surface area contributed by atoms with E-state index in [2.05, 4.69) is 36.0 Å². The van der Waals surface area contributed by atoms with Crippen LogP contribution in [-0.2, 0) is 4.79 Å². The van der Waals surface area contributed by atoms with Gasteiger partial charge in [0.2, 0.25) is 5.91 Å². The zero-order chi connectivity index (χ0) is 13.7. The highest BCUT2D eigenvalue weighted by molar-refractivity contribution is 7.07. The number of nitrogens with zero attached hydrogens (tertiary/aromatic N) is 1. The first-order valence-electron chi connectivity index (χ1n) is 7.31. The van der Waals surface area contributed by atoms with Crippen LogP contribution in [-0.4, -0.2) is 23.9 Å². The summed E-state index contributed by atoms with van der Waals surface area (Å²) < 4.78 is 0. The standard InChI is InChI=1S/C15H24N2OS/c1-3-5-6-12(4-2)10-17-14(18)9-16-15(17)13-7-8-19-11-13/h7-8,11-12,15-16H,3-6,9-10H2,1-2H3. The molecule has 2 heterocycles. The molecule has 1 aliphatic rings. The van der Waals surface area contributed by atoms with Gasteiger partial charge in [-0.3, -0.25) is 10.1 Å². The van der Waals surface area contributed by atoms with Gasteiger partial charge in [0.05, 0.1) is 6.54 Å². The van der Waals surface area contributed by atoms with Gasteiger partial charge in [0.15, 0.2) is 0 Å². The van der Waals surface area contributed by atoms with E-state index in [-0.39, 0.29) is 12.1 Å². The van der Waals surface area contributed by atoms with Gasteiger partial charge in [0.1, 0.15) is 6.17 Å². The van der Waals surface area contributed by atoms with Crippen molar-refractivity contribution in [1.82, 2.24) is 10.2 Å². The predicted octanol–water partition coefficient (Wildman–Crippen LogP) is 3.39. The van der Waals surface area contributed by atoms with Crippen molar-refractivity contribution in [2.24, 2.45) is 5.92 Å². The van der Waals surface area contributed by atoms with Gasteiger partial charge < -0.3 is 4.90 Å². The van der Waals surface area contributed by atoms with Crippen LogP contribution in [0.3, 0.4) is 0 Å². The van der Waals surface area contributed by atoms with E-state index in [1.54, 1.807) is 11.3 Å². The zero-order valence-corrected chi connectivity index (χ0v) is 12.7. The van der Waals surface area contributed by atoms with Crippen LogP contribution in [0.15, 0.2) is 16.8 Å². The summed E-state index contributed by atoms with van der Waals surface area (Å²) in [5.74, 6) is 0.871. The molecule has 0 radical (unpaired) electrons. The van der Waals surface area contributed by atoms with E-state index in [0.29, 0.717) is 12.5 Å². The predicted molar refractivity (Wildman–Crippen MR) is 80.1 cm³/mol. The van der Waals surface area contributed by atoms with E-state index >= 15 is 0 Å². The van der Waals surface area contributed by atoms with Gasteiger partial charge >= 0.3 is 0 Å². The molecule has 1 aromatic rings. The zero-order valence-electron chi connectivity index (χ0n) is 11.9. The lowest BCUT2D eigenvalue weighted by atomic mass is 9.98. The first kappa shape index (κ1) is 14.5. The lowest BCUT2D eigenvalue weighted by Crippen LogP contribution is -2.34. The number of unbranched alkanes of at least 4 members (excludes halogenated alkanes) is 1. The number of amides is 1. The number of nitrogens with one attached hydrogen (secondary N) is 1. The summed E-state index contributed by atoms with van der Waals surface area (Å²) in [5, 5.41) is 7.54. The van der Waals surface area contributed by atoms with Crippen molar-refractivity contribution < 1.29 is 4.79 Å². The topological polar surface area (TPSA) is 32.3 Å². The molecule has 0 bridgehead atoms. The maximum atomic E-state index is 12.1. The van der Waals surface area contributed by atoms with Crippen LogP contribution in [0.4, 0.5) is 0 Å². The summed E-state index contributed by atoms with van der Waals surface area (Å²) in [7, 11) is 0. The van der Waals surface area contributed by atoms with Crippen LogP contribution in [0.1, 0.15) is 51.3 Å². The number of hydrogen-bond donors (Lipinski definition) is 1. The molecule has 1 aliphatic heterocycles. The third kappa shape index (κ3) is 3.57. The third-order valence-corrected chi connectivity index (χ3v) is 4.64. The average molecular weight is 280 g/mol. The summed E-state index contributed by atoms with van der Waals surface area (Å²) >= 11 is 1.69. The van der Waals surface area contributed by atoms with E-state index in [9.17, 15) is 4.79 Å². The van der Waals surface area contributed by atoms with E-state index in [1.807, 2.05) is 4.90 Å². The summed E-state index contributed by atoms with van der Waals surface area (Å²) in [6.07, 6.45) is 4.97. The van der Waals surface area contributed by atoms with Gasteiger partial charge in [-0.05, 0) is 34.7 Å². The average Bonchev–Trinajstić information content (AvgIpc) is 3.05. The minimum atomic E-state index is 0.0921. The van der Waals surface area contributed by atoms with Crippen LogP contribution >= 0.6 is 11.3 Å². The van der Waals surface area contributed by atoms with Crippen LogP contribution < -0.4 is 5.32 Å². The molecular weight excluding hydrogens is 256 g/mol. The largest absolute Gasteiger partial charge is 0.322 e. The molecule has 2 rings (SSSR count). The van der Waals surface area contributed by atoms with Gasteiger partial charge in [-0.25, -0.2) is 0 Å². The Labute approximate surface area is 120 Å². The Bertz CT molecular complexity index is 391. The van der Waals surface area contributed by atoms with E-state index in [4.69, 9.17) is 0 Å². The second-order valence-electron chi connectivity index (χ2n) is 5.30. The molecule has 0 aromatic carbocycles. The summed E-state index contributed by atoms with van der Waals surface area (Å²) in [6, 6.07) is 2.11. The Morgan fingerprint density at radius 3 is 3.00 bits per heavy atom. The van der Waals surface area contributed by atoms with Gasteiger partial charge in [-0.2, -0.15) is 11.3 Å². The molecule has 1 amide bonds. The van der Waals surface area contributed by atoms with Crippen molar-refractivity contribution >= 4 is 17.2 Å². The van der Waals surface area contributed by atoms with Crippen molar-refractivity contribution in [3.05, 3.63) is 22.4 Å². The number of thiophene rings is 1. The van der Waals surface area contributed by atoms with Crippen molar-refractivity contribution in [1.29, 1.82) is 0 Å². The van der Waals surface area contributed by atoms with E-state index < -0.39 is 0 Å². The van der Waals surface area contributed by atoms with Crippen molar-refractivity contribution in [2.45, 2.75) is 45.7 Å². The van der Waals surface area contributed by atoms with Crippen LogP contribution in [0.5, 0.6) is 0 Å². The summed E-state index contributed by atoms with van der Waals surface area (Å²) in [6.45, 7) is 5.82. The monoisotopic (exact) mass is 280 g/mol. The maximum Gasteiger partial charge on any atom is 0.238 e. The molecule has 1 fully saturated rings. The third-order valence-electron chi connectivity index (χ3n) is 3.94. The van der Waals surface area contributed by atoms with Crippen LogP contribution in [0.2, 0.25) is 0 Å². The second kappa shape index (κ2) is 7.06. The fourth-order valence-electron chi connectivity index (χ4n) is 2.67. The van der Waals surface area contributed by atoms with Gasteiger partial charge in [-0.1, -0.05) is 33.1 Å². The molecule has 1 saturated heterocycles. The smallest absolute Gasteiger partial charge is 0.238 e. The molecule has 19 heavy (non-hydrogen) atoms. The molecule has 0 spiro atoms. The molecule has 4 heteroatoms. The van der Waals surface area contributed by atoms with Crippen LogP contribution in [0, 0.1) is 5.92 Å². The Morgan fingerprint density at radius 2 is 2.37 bits per heavy atom. The highest BCUT2D eigenvalue weighted by atomic mass is 32.1. The van der Waals surface area contributed by atoms with Gasteiger partial charge in [0, 0.05) is 6.54 Å². The number of hydrogen-bond acceptors (Lipinski definition) is 3. The first-order chi connectivity index (χ1) is 9.26. The Hall–Kier alpha value is -0.870. The van der Waals surface area contributed by atoms with Crippen molar-refractivity contribution in [3.63, 3.8) is 0 Å². The molecule has 2 atom stereocenters. The molecule has 0 saturated carbocycles. The molecule has 0 aliphatic carbocycles. The number of carbonyl (C=O) groups is 1. The van der Waals surface area contributed by atoms with Crippen molar-refractivity contribution in [2.75, 3.05) is 13.1 Å². The van der Waals surface area contributed by atoms with Crippen molar-refractivity contribution in [3.8, 4) is 0 Å². The first-order valence-corrected chi connectivity index (χ1v) is 8.25. The van der Waals surface area contributed by atoms with Crippen LogP contribution in [0.25, 0.3) is 0 Å². The van der Waals surface area contributed by atoms with E-state index in [1.165, 1.54) is 24.8 Å². The Kier molecular flexibility index (Phi) is 5.40. The minimum Gasteiger partial charge on any atom is -0.322 e. The normalized spacial score (nSPS) is 21.1. The fraction of sp³-hybridized carbons (Fsp3) is 0.667. The second-order valence-corrected chi connectivity index (χ2v) is 6.08. The maximum absolute atomic E-state index is 12.1. The molecule has 3 nitrogen and oxygen atoms in total. The molecule has 2 unspecified atom stereocenters. The van der Waals surface area contributed by atoms with Gasteiger partial charge in [-0.15, -0.1) is 0 Å². The number of rotatable bonds is 7. The molecular formula is C15H24N2OS. The number of carbonyl (C=O) groups excluding carboxylic acids is 1.